The van der Waals surface area contributed by atoms with E-state index in [4.69, 9.17) is 14.6 Å². The van der Waals surface area contributed by atoms with E-state index in [2.05, 4.69) is 24.8 Å². The van der Waals surface area contributed by atoms with Crippen LogP contribution in [-0.4, -0.2) is 58.6 Å². The van der Waals surface area contributed by atoms with Crippen molar-refractivity contribution < 1.29 is 32.9 Å². The van der Waals surface area contributed by atoms with Crippen LogP contribution in [0, 0.1) is 0 Å². The molecule has 1 fully saturated rings. The van der Waals surface area contributed by atoms with E-state index in [0.717, 1.165) is 31.5 Å². The molecule has 8 heteroatoms. The molecule has 0 amide bonds. The number of rotatable bonds is 2. The Bertz CT molecular complexity index is 635. The van der Waals surface area contributed by atoms with Gasteiger partial charge in [-0.2, -0.15) is 13.2 Å². The Morgan fingerprint density at radius 3 is 2.58 bits per heavy atom. The average molecular weight is 375 g/mol. The molecule has 0 unspecified atom stereocenters. The van der Waals surface area contributed by atoms with Gasteiger partial charge in [0.2, 0.25) is 0 Å². The number of carboxylic acids is 1. The van der Waals surface area contributed by atoms with Gasteiger partial charge in [0.1, 0.15) is 5.75 Å². The van der Waals surface area contributed by atoms with Gasteiger partial charge in [0, 0.05) is 19.0 Å². The van der Waals surface area contributed by atoms with E-state index in [1.54, 1.807) is 6.07 Å². The standard InChI is InChI=1S/C16H23NO2.C2HF3O2/c1-3-7-17-10-11(2)19-16-9-13-12(8-14(16)17)5-4-6-15(13)18;3-2(4,5)1(6)7/h4-6,11,14,16,18H,3,7-10H2,1-2H3;(H,6,7)/t11-,14+,16+;/m0./s1. The number of halogens is 3. The fourth-order valence-corrected chi connectivity index (χ4v) is 3.60. The number of aromatic hydroxyl groups is 1. The lowest BCUT2D eigenvalue weighted by Gasteiger charge is -2.46. The average Bonchev–Trinajstić information content (AvgIpc) is 2.54. The number of nitrogens with zero attached hydrogens (tertiary/aromatic N) is 1. The van der Waals surface area contributed by atoms with Crippen molar-refractivity contribution in [3.8, 4) is 5.75 Å². The first-order valence-electron chi connectivity index (χ1n) is 8.62. The molecule has 1 aromatic carbocycles. The highest BCUT2D eigenvalue weighted by Crippen LogP contribution is 2.34. The number of fused-ring (bicyclic) bond motifs is 2. The summed E-state index contributed by atoms with van der Waals surface area (Å²) in [5, 5.41) is 17.1. The van der Waals surface area contributed by atoms with Gasteiger partial charge in [-0.25, -0.2) is 4.79 Å². The molecule has 1 heterocycles. The molecule has 3 atom stereocenters. The van der Waals surface area contributed by atoms with Crippen LogP contribution in [0.25, 0.3) is 0 Å². The van der Waals surface area contributed by atoms with Gasteiger partial charge < -0.3 is 14.9 Å². The van der Waals surface area contributed by atoms with Gasteiger partial charge in [-0.3, -0.25) is 4.90 Å². The van der Waals surface area contributed by atoms with Crippen LogP contribution in [0.2, 0.25) is 0 Å². The topological polar surface area (TPSA) is 70.0 Å². The van der Waals surface area contributed by atoms with Crippen LogP contribution in [0.3, 0.4) is 0 Å². The van der Waals surface area contributed by atoms with E-state index in [1.807, 2.05) is 6.07 Å². The molecule has 0 saturated carbocycles. The third-order valence-corrected chi connectivity index (χ3v) is 4.63. The summed E-state index contributed by atoms with van der Waals surface area (Å²) in [5.41, 5.74) is 2.38. The molecule has 1 aliphatic heterocycles. The molecule has 2 N–H and O–H groups in total. The highest BCUT2D eigenvalue weighted by Gasteiger charge is 2.39. The van der Waals surface area contributed by atoms with Gasteiger partial charge in [0.15, 0.2) is 0 Å². The lowest BCUT2D eigenvalue weighted by molar-refractivity contribution is -0.192. The Morgan fingerprint density at radius 1 is 1.35 bits per heavy atom. The Morgan fingerprint density at radius 2 is 2.00 bits per heavy atom. The van der Waals surface area contributed by atoms with E-state index in [9.17, 15) is 18.3 Å². The lowest BCUT2D eigenvalue weighted by atomic mass is 9.83. The monoisotopic (exact) mass is 375 g/mol. The molecule has 1 aromatic rings. The number of aliphatic carboxylic acids is 1. The summed E-state index contributed by atoms with van der Waals surface area (Å²) in [6.07, 6.45) is -1.53. The molecule has 26 heavy (non-hydrogen) atoms. The Hall–Kier alpha value is -1.80. The maximum Gasteiger partial charge on any atom is 0.490 e. The molecule has 1 aliphatic carbocycles. The molecular formula is C18H24F3NO4. The number of phenolic OH excluding ortho intramolecular Hbond substituents is 1. The SMILES string of the molecule is CCCN1C[C@H](C)O[C@@H]2Cc3c(O)cccc3C[C@H]21.O=C(O)C(F)(F)F. The number of hydrogen-bond donors (Lipinski definition) is 2. The van der Waals surface area contributed by atoms with E-state index < -0.39 is 12.1 Å². The van der Waals surface area contributed by atoms with E-state index in [-0.39, 0.29) is 6.10 Å². The molecule has 0 bridgehead atoms. The fourth-order valence-electron chi connectivity index (χ4n) is 3.60. The van der Waals surface area contributed by atoms with Crippen LogP contribution < -0.4 is 0 Å². The lowest BCUT2D eigenvalue weighted by Crippen LogP contribution is -2.57. The third kappa shape index (κ3) is 4.88. The van der Waals surface area contributed by atoms with Crippen LogP contribution in [0.15, 0.2) is 18.2 Å². The molecule has 146 valence electrons. The zero-order chi connectivity index (χ0) is 19.5. The summed E-state index contributed by atoms with van der Waals surface area (Å²) in [7, 11) is 0. The van der Waals surface area contributed by atoms with Crippen LogP contribution in [0.5, 0.6) is 5.75 Å². The Balaban J connectivity index is 0.000000298. The summed E-state index contributed by atoms with van der Waals surface area (Å²) in [4.78, 5) is 11.5. The van der Waals surface area contributed by atoms with E-state index >= 15 is 0 Å². The van der Waals surface area contributed by atoms with Gasteiger partial charge in [-0.15, -0.1) is 0 Å². The maximum absolute atomic E-state index is 10.6. The second-order valence-electron chi connectivity index (χ2n) is 6.67. The van der Waals surface area contributed by atoms with Crippen LogP contribution >= 0.6 is 0 Å². The van der Waals surface area contributed by atoms with Crippen LogP contribution in [0.4, 0.5) is 13.2 Å². The van der Waals surface area contributed by atoms with Gasteiger partial charge in [0.05, 0.1) is 12.2 Å². The third-order valence-electron chi connectivity index (χ3n) is 4.63. The summed E-state index contributed by atoms with van der Waals surface area (Å²) in [5.74, 6) is -2.33. The second-order valence-corrected chi connectivity index (χ2v) is 6.67. The first-order valence-corrected chi connectivity index (χ1v) is 8.62. The number of hydrogen-bond acceptors (Lipinski definition) is 4. The zero-order valence-electron chi connectivity index (χ0n) is 14.8. The number of alkyl halides is 3. The largest absolute Gasteiger partial charge is 0.508 e. The smallest absolute Gasteiger partial charge is 0.490 e. The Kier molecular flexibility index (Phi) is 6.52. The molecule has 5 nitrogen and oxygen atoms in total. The van der Waals surface area contributed by atoms with Gasteiger partial charge in [0.25, 0.3) is 0 Å². The Labute approximate surface area is 150 Å². The van der Waals surface area contributed by atoms with Crippen molar-refractivity contribution in [3.63, 3.8) is 0 Å². The molecular weight excluding hydrogens is 351 g/mol. The first-order chi connectivity index (χ1) is 12.1. The number of morpholine rings is 1. The predicted octanol–water partition coefficient (Wildman–Crippen LogP) is 2.99. The fraction of sp³-hybridized carbons (Fsp3) is 0.611. The second kappa shape index (κ2) is 8.26. The van der Waals surface area contributed by atoms with E-state index in [0.29, 0.717) is 17.9 Å². The number of benzene rings is 1. The summed E-state index contributed by atoms with van der Waals surface area (Å²) in [6.45, 7) is 6.56. The van der Waals surface area contributed by atoms with Crippen molar-refractivity contribution in [2.75, 3.05) is 13.1 Å². The summed E-state index contributed by atoms with van der Waals surface area (Å²) >= 11 is 0. The summed E-state index contributed by atoms with van der Waals surface area (Å²) in [6, 6.07) is 6.36. The van der Waals surface area contributed by atoms with Crippen LogP contribution in [-0.2, 0) is 22.4 Å². The van der Waals surface area contributed by atoms with Gasteiger partial charge >= 0.3 is 12.1 Å². The highest BCUT2D eigenvalue weighted by atomic mass is 19.4. The first kappa shape index (κ1) is 20.5. The molecule has 0 spiro atoms. The highest BCUT2D eigenvalue weighted by molar-refractivity contribution is 5.73. The van der Waals surface area contributed by atoms with Crippen molar-refractivity contribution >= 4 is 5.97 Å². The van der Waals surface area contributed by atoms with Gasteiger partial charge in [-0.1, -0.05) is 19.1 Å². The minimum Gasteiger partial charge on any atom is -0.508 e. The molecule has 2 aliphatic rings. The maximum atomic E-state index is 10.6. The number of phenols is 1. The quantitative estimate of drug-likeness (QED) is 0.832. The van der Waals surface area contributed by atoms with Crippen molar-refractivity contribution in [1.82, 2.24) is 4.90 Å². The van der Waals surface area contributed by atoms with E-state index in [1.165, 1.54) is 12.0 Å². The van der Waals surface area contributed by atoms with Crippen LogP contribution in [0.1, 0.15) is 31.4 Å². The number of carboxylic acid groups (broad SMARTS) is 1. The van der Waals surface area contributed by atoms with Crippen molar-refractivity contribution in [2.45, 2.75) is 57.5 Å². The molecule has 0 aromatic heterocycles. The minimum absolute atomic E-state index is 0.232. The number of ether oxygens (including phenoxy) is 1. The zero-order valence-corrected chi connectivity index (χ0v) is 14.8. The molecule has 0 radical (unpaired) electrons. The van der Waals surface area contributed by atoms with Crippen molar-refractivity contribution in [1.29, 1.82) is 0 Å². The van der Waals surface area contributed by atoms with Crippen molar-refractivity contribution in [3.05, 3.63) is 29.3 Å². The van der Waals surface area contributed by atoms with Gasteiger partial charge in [-0.05, 0) is 43.5 Å². The molecule has 3 rings (SSSR count). The van der Waals surface area contributed by atoms with Crippen molar-refractivity contribution in [2.24, 2.45) is 0 Å². The predicted molar refractivity (Wildman–Crippen MR) is 89.2 cm³/mol. The summed E-state index contributed by atoms with van der Waals surface area (Å²) < 4.78 is 37.9. The minimum atomic E-state index is -5.08. The number of carbonyl (C=O) groups is 1. The molecule has 1 saturated heterocycles. The normalized spacial score (nSPS) is 25.5.